The van der Waals surface area contributed by atoms with Crippen molar-refractivity contribution >= 4 is 16.6 Å². The Kier molecular flexibility index (Phi) is 1.88. The second-order valence-corrected chi connectivity index (χ2v) is 5.00. The molecule has 3 nitrogen and oxygen atoms in total. The van der Waals surface area contributed by atoms with Gasteiger partial charge in [-0.25, -0.2) is 4.85 Å². The molecule has 0 bridgehead atoms. The van der Waals surface area contributed by atoms with Gasteiger partial charge in [0.1, 0.15) is 11.2 Å². The van der Waals surface area contributed by atoms with Gasteiger partial charge in [-0.2, -0.15) is 0 Å². The van der Waals surface area contributed by atoms with E-state index >= 15 is 0 Å². The summed E-state index contributed by atoms with van der Waals surface area (Å²) in [6.07, 6.45) is 2.12. The zero-order valence-electron chi connectivity index (χ0n) is 10.6. The first kappa shape index (κ1) is 10.3. The first-order valence-corrected chi connectivity index (χ1v) is 6.29. The maximum absolute atomic E-state index is 7.36. The molecule has 0 saturated heterocycles. The second-order valence-electron chi connectivity index (χ2n) is 5.00. The zero-order chi connectivity index (χ0) is 13.0. The lowest BCUT2D eigenvalue weighted by molar-refractivity contribution is -0.749. The molecule has 0 aliphatic carbocycles. The minimum Gasteiger partial charge on any atom is -0.236 e. The van der Waals surface area contributed by atoms with Crippen LogP contribution in [0.25, 0.3) is 21.4 Å². The zero-order valence-corrected chi connectivity index (χ0v) is 10.6. The molecule has 90 valence electrons. The van der Waals surface area contributed by atoms with Gasteiger partial charge in [0.15, 0.2) is 6.54 Å². The molecule has 0 N–H and O–H groups in total. The summed E-state index contributed by atoms with van der Waals surface area (Å²) in [5.74, 6) is 0. The van der Waals surface area contributed by atoms with E-state index in [9.17, 15) is 0 Å². The van der Waals surface area contributed by atoms with Crippen LogP contribution < -0.4 is 4.68 Å². The van der Waals surface area contributed by atoms with Crippen molar-refractivity contribution in [3.63, 3.8) is 0 Å². The van der Waals surface area contributed by atoms with E-state index in [-0.39, 0.29) is 0 Å². The standard InChI is InChI=1S/C16H12N3/c1-11-6-7-12-9-18-10-13-4-3-5-14(17-2)16(13)19(18)15(12)8-11/h3-8,10H,9H2,1H3/q+1. The Hall–Kier alpha value is -2.60. The monoisotopic (exact) mass is 246 g/mol. The molecular weight excluding hydrogens is 234 g/mol. The highest BCUT2D eigenvalue weighted by atomic mass is 15.4. The molecule has 1 aliphatic rings. The molecule has 2 heterocycles. The number of fused-ring (bicyclic) bond motifs is 5. The summed E-state index contributed by atoms with van der Waals surface area (Å²) in [5, 5.41) is 1.13. The molecule has 3 aromatic rings. The van der Waals surface area contributed by atoms with Gasteiger partial charge in [0, 0.05) is 5.56 Å². The minimum atomic E-state index is 0.714. The molecule has 0 amide bonds. The van der Waals surface area contributed by atoms with Crippen LogP contribution in [0.4, 0.5) is 5.69 Å². The maximum atomic E-state index is 7.36. The molecule has 3 heteroatoms. The Morgan fingerprint density at radius 2 is 2.16 bits per heavy atom. The quantitative estimate of drug-likeness (QED) is 0.334. The number of hydrogen-bond acceptors (Lipinski definition) is 0. The first-order valence-electron chi connectivity index (χ1n) is 6.29. The lowest BCUT2D eigenvalue weighted by Gasteiger charge is -2.00. The lowest BCUT2D eigenvalue weighted by Crippen LogP contribution is -2.36. The molecule has 2 aromatic carbocycles. The predicted octanol–water partition coefficient (Wildman–Crippen LogP) is 3.14. The first-order chi connectivity index (χ1) is 9.28. The van der Waals surface area contributed by atoms with Gasteiger partial charge in [-0.1, -0.05) is 24.3 Å². The summed E-state index contributed by atoms with van der Waals surface area (Å²) in [6.45, 7) is 10.3. The van der Waals surface area contributed by atoms with E-state index in [0.717, 1.165) is 17.4 Å². The molecule has 19 heavy (non-hydrogen) atoms. The molecule has 0 saturated carbocycles. The minimum absolute atomic E-state index is 0.714. The van der Waals surface area contributed by atoms with Crippen molar-refractivity contribution < 1.29 is 4.68 Å². The second kappa shape index (κ2) is 3.46. The van der Waals surface area contributed by atoms with Crippen LogP contribution in [-0.2, 0) is 6.54 Å². The van der Waals surface area contributed by atoms with Gasteiger partial charge in [0.25, 0.3) is 0 Å². The average Bonchev–Trinajstić information content (AvgIpc) is 2.93. The molecule has 0 atom stereocenters. The van der Waals surface area contributed by atoms with Crippen LogP contribution in [0, 0.1) is 13.5 Å². The molecule has 1 aliphatic heterocycles. The number of rotatable bonds is 0. The summed E-state index contributed by atoms with van der Waals surface area (Å²) >= 11 is 0. The van der Waals surface area contributed by atoms with E-state index < -0.39 is 0 Å². The molecule has 0 fully saturated rings. The van der Waals surface area contributed by atoms with Crippen molar-refractivity contribution in [2.75, 3.05) is 0 Å². The molecular formula is C16H12N3+. The number of hydrogen-bond donors (Lipinski definition) is 0. The Labute approximate surface area is 111 Å². The number of aryl methyl sites for hydroxylation is 1. The third kappa shape index (κ3) is 1.28. The third-order valence-electron chi connectivity index (χ3n) is 3.72. The van der Waals surface area contributed by atoms with Crippen LogP contribution in [0.5, 0.6) is 0 Å². The topological polar surface area (TPSA) is 13.2 Å². The van der Waals surface area contributed by atoms with Gasteiger partial charge in [-0.05, 0) is 24.6 Å². The highest BCUT2D eigenvalue weighted by molar-refractivity contribution is 5.91. The number of para-hydroxylation sites is 1. The average molecular weight is 246 g/mol. The summed E-state index contributed by atoms with van der Waals surface area (Å²) in [4.78, 5) is 3.66. The third-order valence-corrected chi connectivity index (χ3v) is 3.72. The summed E-state index contributed by atoms with van der Waals surface area (Å²) in [7, 11) is 0. The predicted molar refractivity (Wildman–Crippen MR) is 73.6 cm³/mol. The fraction of sp³-hybridized carbons (Fsp3) is 0.125. The van der Waals surface area contributed by atoms with E-state index in [0.29, 0.717) is 5.69 Å². The number of benzene rings is 2. The van der Waals surface area contributed by atoms with Gasteiger partial charge in [0.05, 0.1) is 12.0 Å². The van der Waals surface area contributed by atoms with Gasteiger partial charge < -0.3 is 0 Å². The molecule has 0 spiro atoms. The number of nitrogens with zero attached hydrogens (tertiary/aromatic N) is 3. The van der Waals surface area contributed by atoms with Gasteiger partial charge >= 0.3 is 0 Å². The van der Waals surface area contributed by atoms with E-state index in [1.165, 1.54) is 16.8 Å². The van der Waals surface area contributed by atoms with Crippen LogP contribution >= 0.6 is 0 Å². The van der Waals surface area contributed by atoms with Crippen molar-refractivity contribution in [2.45, 2.75) is 13.5 Å². The molecule has 4 rings (SSSR count). The fourth-order valence-corrected chi connectivity index (χ4v) is 2.88. The Balaban J connectivity index is 2.16. The highest BCUT2D eigenvalue weighted by Gasteiger charge is 2.29. The molecule has 1 aromatic heterocycles. The highest BCUT2D eigenvalue weighted by Crippen LogP contribution is 2.31. The van der Waals surface area contributed by atoms with E-state index in [1.54, 1.807) is 0 Å². The largest absolute Gasteiger partial charge is 0.236 e. The van der Waals surface area contributed by atoms with Crippen LogP contribution in [-0.4, -0.2) is 4.68 Å². The van der Waals surface area contributed by atoms with E-state index in [4.69, 9.17) is 6.57 Å². The fourth-order valence-electron chi connectivity index (χ4n) is 2.88. The van der Waals surface area contributed by atoms with Gasteiger partial charge in [-0.3, -0.25) is 0 Å². The van der Waals surface area contributed by atoms with Crippen molar-refractivity contribution in [3.05, 3.63) is 65.1 Å². The van der Waals surface area contributed by atoms with E-state index in [2.05, 4.69) is 51.6 Å². The summed E-state index contributed by atoms with van der Waals surface area (Å²) in [6, 6.07) is 12.4. The Morgan fingerprint density at radius 3 is 3.00 bits per heavy atom. The van der Waals surface area contributed by atoms with Crippen molar-refractivity contribution in [2.24, 2.45) is 0 Å². The maximum Gasteiger partial charge on any atom is 0.217 e. The van der Waals surface area contributed by atoms with Gasteiger partial charge in [0.2, 0.25) is 11.9 Å². The molecule has 0 unspecified atom stereocenters. The number of aromatic nitrogens is 2. The Morgan fingerprint density at radius 1 is 1.26 bits per heavy atom. The van der Waals surface area contributed by atoms with E-state index in [1.807, 2.05) is 12.1 Å². The van der Waals surface area contributed by atoms with Crippen molar-refractivity contribution in [1.29, 1.82) is 0 Å². The SMILES string of the molecule is [C-]#[N+]c1cccc2c[n+]3n(c12)-c1cc(C)ccc1C3. The lowest BCUT2D eigenvalue weighted by atomic mass is 10.1. The van der Waals surface area contributed by atoms with Crippen molar-refractivity contribution in [3.8, 4) is 5.69 Å². The van der Waals surface area contributed by atoms with Crippen LogP contribution in [0.2, 0.25) is 0 Å². The smallest absolute Gasteiger partial charge is 0.217 e. The summed E-state index contributed by atoms with van der Waals surface area (Å²) in [5.41, 5.74) is 5.49. The van der Waals surface area contributed by atoms with Crippen LogP contribution in [0.15, 0.2) is 42.6 Å². The molecule has 0 radical (unpaired) electrons. The van der Waals surface area contributed by atoms with Crippen LogP contribution in [0.3, 0.4) is 0 Å². The van der Waals surface area contributed by atoms with Crippen molar-refractivity contribution in [1.82, 2.24) is 4.68 Å². The van der Waals surface area contributed by atoms with Gasteiger partial charge in [-0.15, -0.1) is 9.36 Å². The summed E-state index contributed by atoms with van der Waals surface area (Å²) < 4.78 is 4.36. The normalized spacial score (nSPS) is 12.2. The Bertz CT molecular complexity index is 866. The van der Waals surface area contributed by atoms with Crippen LogP contribution in [0.1, 0.15) is 11.1 Å².